The smallest absolute Gasteiger partial charge is 0.329 e. The number of nitrogens with one attached hydrogen (secondary N) is 1. The summed E-state index contributed by atoms with van der Waals surface area (Å²) >= 11 is 0. The Hall–Kier alpha value is -2.53. The van der Waals surface area contributed by atoms with Crippen molar-refractivity contribution in [1.82, 2.24) is 24.3 Å². The number of imidazole rings is 1. The number of aromatic nitrogens is 2. The van der Waals surface area contributed by atoms with E-state index in [-0.39, 0.29) is 23.6 Å². The van der Waals surface area contributed by atoms with Gasteiger partial charge in [-0.25, -0.2) is 4.79 Å². The van der Waals surface area contributed by atoms with E-state index >= 15 is 0 Å². The Morgan fingerprint density at radius 3 is 2.65 bits per heavy atom. The van der Waals surface area contributed by atoms with Crippen molar-refractivity contribution < 1.29 is 19.4 Å². The van der Waals surface area contributed by atoms with Crippen LogP contribution < -0.4 is 11.0 Å². The van der Waals surface area contributed by atoms with Gasteiger partial charge < -0.3 is 14.7 Å². The number of benzene rings is 1. The lowest BCUT2D eigenvalue weighted by molar-refractivity contribution is -0.135. The molecule has 40 heavy (non-hydrogen) atoms. The second-order valence-electron chi connectivity index (χ2n) is 12.3. The highest BCUT2D eigenvalue weighted by atomic mass is 16.5. The lowest BCUT2D eigenvalue weighted by Gasteiger charge is -2.38. The van der Waals surface area contributed by atoms with E-state index in [0.717, 1.165) is 81.3 Å². The summed E-state index contributed by atoms with van der Waals surface area (Å²) < 4.78 is 9.37. The molecule has 10 nitrogen and oxygen atoms in total. The molecular formula is C30H43N5O5. The van der Waals surface area contributed by atoms with Gasteiger partial charge in [-0.2, -0.15) is 0 Å². The minimum Gasteiger partial charge on any atom is -0.394 e. The molecule has 4 aliphatic rings. The molecule has 0 aliphatic carbocycles. The van der Waals surface area contributed by atoms with E-state index in [9.17, 15) is 19.5 Å². The van der Waals surface area contributed by atoms with Crippen molar-refractivity contribution in [3.05, 3.63) is 34.2 Å². The van der Waals surface area contributed by atoms with Crippen LogP contribution in [-0.4, -0.2) is 92.9 Å². The molecule has 218 valence electrons. The summed E-state index contributed by atoms with van der Waals surface area (Å²) in [7, 11) is 1.73. The maximum Gasteiger partial charge on any atom is 0.329 e. The Kier molecular flexibility index (Phi) is 7.87. The fourth-order valence-electron chi connectivity index (χ4n) is 7.70. The van der Waals surface area contributed by atoms with Gasteiger partial charge in [0.2, 0.25) is 11.8 Å². The van der Waals surface area contributed by atoms with Crippen molar-refractivity contribution >= 4 is 22.8 Å². The summed E-state index contributed by atoms with van der Waals surface area (Å²) in [5.74, 6) is -0.697. The molecule has 1 aromatic heterocycles. The fraction of sp³-hybridized carbons (Fsp3) is 0.700. The Balaban J connectivity index is 0.968. The second-order valence-corrected chi connectivity index (χ2v) is 12.3. The highest BCUT2D eigenvalue weighted by molar-refractivity contribution is 6.00. The number of amides is 2. The molecule has 4 fully saturated rings. The Bertz CT molecular complexity index is 1310. The number of imide groups is 1. The van der Waals surface area contributed by atoms with Crippen LogP contribution in [0.2, 0.25) is 0 Å². The van der Waals surface area contributed by atoms with E-state index in [1.165, 1.54) is 17.4 Å². The van der Waals surface area contributed by atoms with Gasteiger partial charge in [0.25, 0.3) is 0 Å². The molecular weight excluding hydrogens is 510 g/mol. The largest absolute Gasteiger partial charge is 0.394 e. The molecule has 3 atom stereocenters. The van der Waals surface area contributed by atoms with Crippen LogP contribution in [0.15, 0.2) is 23.0 Å². The predicted molar refractivity (Wildman–Crippen MR) is 151 cm³/mol. The van der Waals surface area contributed by atoms with Crippen LogP contribution in [0.1, 0.15) is 69.4 Å². The molecule has 2 aromatic rings. The van der Waals surface area contributed by atoms with E-state index in [0.29, 0.717) is 31.8 Å². The van der Waals surface area contributed by atoms with Crippen molar-refractivity contribution in [1.29, 1.82) is 0 Å². The van der Waals surface area contributed by atoms with Gasteiger partial charge in [-0.15, -0.1) is 0 Å². The van der Waals surface area contributed by atoms with Crippen molar-refractivity contribution in [2.45, 2.75) is 87.9 Å². The van der Waals surface area contributed by atoms with Gasteiger partial charge >= 0.3 is 5.69 Å². The van der Waals surface area contributed by atoms with Crippen LogP contribution in [0.3, 0.4) is 0 Å². The van der Waals surface area contributed by atoms with E-state index in [4.69, 9.17) is 4.74 Å². The summed E-state index contributed by atoms with van der Waals surface area (Å²) in [4.78, 5) is 42.2. The third-order valence-electron chi connectivity index (χ3n) is 9.97. The van der Waals surface area contributed by atoms with Gasteiger partial charge in [0.15, 0.2) is 0 Å². The molecule has 4 aliphatic heterocycles. The first-order valence-electron chi connectivity index (χ1n) is 15.1. The maximum absolute atomic E-state index is 13.0. The third kappa shape index (κ3) is 5.15. The zero-order valence-electron chi connectivity index (χ0n) is 23.6. The number of nitrogens with zero attached hydrogens (tertiary/aromatic N) is 4. The molecule has 1 unspecified atom stereocenters. The molecule has 5 heterocycles. The van der Waals surface area contributed by atoms with E-state index < -0.39 is 11.9 Å². The van der Waals surface area contributed by atoms with Gasteiger partial charge in [-0.05, 0) is 82.0 Å². The number of hydrogen-bond donors (Lipinski definition) is 2. The Labute approximate surface area is 235 Å². The molecule has 10 heteroatoms. The summed E-state index contributed by atoms with van der Waals surface area (Å²) in [6, 6.07) is 5.91. The first-order valence-corrected chi connectivity index (χ1v) is 15.1. The van der Waals surface area contributed by atoms with Crippen molar-refractivity contribution in [2.75, 3.05) is 39.4 Å². The number of carbonyl (C=O) groups excluding carboxylic acids is 2. The third-order valence-corrected chi connectivity index (χ3v) is 9.97. The molecule has 0 bridgehead atoms. The van der Waals surface area contributed by atoms with Crippen molar-refractivity contribution in [2.24, 2.45) is 7.05 Å². The molecule has 0 spiro atoms. The summed E-state index contributed by atoms with van der Waals surface area (Å²) in [5.41, 5.74) is 2.49. The number of likely N-dealkylation sites (tertiary alicyclic amines) is 1. The lowest BCUT2D eigenvalue weighted by atomic mass is 9.95. The number of carbonyl (C=O) groups is 2. The SMILES string of the molecule is Cn1c(=O)n(C2CCC(=O)NC2=O)c2ccc(CCCOC3CCN(C[C@@H]4CC[C@@]5(CO)CCCN45)CC3)cc21. The Morgan fingerprint density at radius 2 is 1.88 bits per heavy atom. The van der Waals surface area contributed by atoms with Gasteiger partial charge in [0, 0.05) is 51.3 Å². The average Bonchev–Trinajstić information content (AvgIpc) is 3.60. The number of aryl methyl sites for hydroxylation is 2. The maximum atomic E-state index is 13.0. The van der Waals surface area contributed by atoms with Gasteiger partial charge in [0.05, 0.1) is 23.7 Å². The van der Waals surface area contributed by atoms with E-state index in [1.807, 2.05) is 18.2 Å². The number of ether oxygens (including phenoxy) is 1. The van der Waals surface area contributed by atoms with Gasteiger partial charge in [-0.3, -0.25) is 28.9 Å². The van der Waals surface area contributed by atoms with E-state index in [1.54, 1.807) is 11.6 Å². The standard InChI is InChI=1S/C30H43N5O5/c1-32-26-18-21(5-6-24(26)35(29(32)39)25-7-8-27(37)31-28(25)38)4-2-17-40-23-10-15-33(16-11-23)19-22-9-13-30(20-36)12-3-14-34(22)30/h5-6,18,22-23,25,36H,2-4,7-17,19-20H2,1H3,(H,31,37,38)/t22-,25?,30+/m0/s1. The highest BCUT2D eigenvalue weighted by Gasteiger charge is 2.48. The van der Waals surface area contributed by atoms with Crippen LogP contribution in [-0.2, 0) is 27.8 Å². The topological polar surface area (TPSA) is 109 Å². The number of aliphatic hydroxyl groups is 1. The molecule has 0 radical (unpaired) electrons. The summed E-state index contributed by atoms with van der Waals surface area (Å²) in [6.07, 6.45) is 9.51. The molecule has 0 saturated carbocycles. The molecule has 6 rings (SSSR count). The van der Waals surface area contributed by atoms with Crippen LogP contribution >= 0.6 is 0 Å². The molecule has 2 N–H and O–H groups in total. The monoisotopic (exact) mass is 553 g/mol. The van der Waals surface area contributed by atoms with Crippen molar-refractivity contribution in [3.63, 3.8) is 0 Å². The lowest BCUT2D eigenvalue weighted by Crippen LogP contribution is -2.50. The summed E-state index contributed by atoms with van der Waals surface area (Å²) in [5, 5.41) is 12.3. The normalized spacial score (nSPS) is 28.4. The predicted octanol–water partition coefficient (Wildman–Crippen LogP) is 1.72. The molecule has 1 aromatic carbocycles. The zero-order chi connectivity index (χ0) is 27.9. The number of piperidine rings is 2. The quantitative estimate of drug-likeness (QED) is 0.360. The average molecular weight is 554 g/mol. The molecule has 4 saturated heterocycles. The summed E-state index contributed by atoms with van der Waals surface area (Å²) in [6.45, 7) is 5.44. The minimum absolute atomic E-state index is 0.0722. The Morgan fingerprint density at radius 1 is 1.05 bits per heavy atom. The van der Waals surface area contributed by atoms with Crippen LogP contribution in [0.5, 0.6) is 0 Å². The minimum atomic E-state index is -0.660. The number of hydrogen-bond acceptors (Lipinski definition) is 7. The van der Waals surface area contributed by atoms with E-state index in [2.05, 4.69) is 15.1 Å². The number of fused-ring (bicyclic) bond motifs is 2. The van der Waals surface area contributed by atoms with Gasteiger partial charge in [0.1, 0.15) is 6.04 Å². The fourth-order valence-corrected chi connectivity index (χ4v) is 7.70. The van der Waals surface area contributed by atoms with Crippen molar-refractivity contribution in [3.8, 4) is 0 Å². The van der Waals surface area contributed by atoms with Crippen LogP contribution in [0, 0.1) is 0 Å². The molecule has 2 amide bonds. The van der Waals surface area contributed by atoms with Crippen LogP contribution in [0.4, 0.5) is 0 Å². The highest BCUT2D eigenvalue weighted by Crippen LogP contribution is 2.42. The van der Waals surface area contributed by atoms with Crippen LogP contribution in [0.25, 0.3) is 11.0 Å². The second kappa shape index (κ2) is 11.4. The zero-order valence-corrected chi connectivity index (χ0v) is 23.6. The number of aliphatic hydroxyl groups excluding tert-OH is 1. The van der Waals surface area contributed by atoms with Gasteiger partial charge in [-0.1, -0.05) is 6.07 Å². The number of rotatable bonds is 9. The first kappa shape index (κ1) is 27.6. The first-order chi connectivity index (χ1) is 19.4.